The molecule has 3 atom stereocenters. The third-order valence-electron chi connectivity index (χ3n) is 2.00. The Morgan fingerprint density at radius 1 is 1.44 bits per heavy atom. The van der Waals surface area contributed by atoms with E-state index in [1.165, 1.54) is 0 Å². The maximum absolute atomic E-state index is 9.16. The van der Waals surface area contributed by atoms with Gasteiger partial charge in [0.1, 0.15) is 0 Å². The largest absolute Gasteiger partial charge is 0.392 e. The van der Waals surface area contributed by atoms with Gasteiger partial charge in [-0.2, -0.15) is 0 Å². The molecule has 1 fully saturated rings. The number of aliphatic hydroxyl groups excluding tert-OH is 1. The maximum Gasteiger partial charge on any atom is 0.0703 e. The number of aliphatic hydroxyl groups is 1. The molecule has 0 amide bonds. The molecule has 0 aromatic carbocycles. The molecule has 54 valence electrons. The number of rotatable bonds is 0. The van der Waals surface area contributed by atoms with Crippen molar-refractivity contribution in [3.63, 3.8) is 0 Å². The minimum absolute atomic E-state index is 0.00810. The van der Waals surface area contributed by atoms with Gasteiger partial charge in [-0.1, -0.05) is 6.92 Å². The average Bonchev–Trinajstić information content (AvgIpc) is 1.80. The van der Waals surface area contributed by atoms with Gasteiger partial charge in [-0.15, -0.1) is 11.6 Å². The molecule has 1 N–H and O–H groups in total. The molecule has 0 spiro atoms. The van der Waals surface area contributed by atoms with Crippen molar-refractivity contribution in [2.24, 2.45) is 5.92 Å². The number of hydrogen-bond acceptors (Lipinski definition) is 1. The van der Waals surface area contributed by atoms with Crippen molar-refractivity contribution in [1.82, 2.24) is 0 Å². The van der Waals surface area contributed by atoms with Crippen LogP contribution in [-0.4, -0.2) is 16.6 Å². The van der Waals surface area contributed by atoms with Crippen molar-refractivity contribution in [2.45, 2.75) is 37.7 Å². The SMILES string of the molecule is CC1CCC(O)C(Cl)C1. The van der Waals surface area contributed by atoms with Crippen LogP contribution < -0.4 is 0 Å². The highest BCUT2D eigenvalue weighted by Crippen LogP contribution is 2.27. The van der Waals surface area contributed by atoms with Gasteiger partial charge in [0, 0.05) is 0 Å². The quantitative estimate of drug-likeness (QED) is 0.520. The lowest BCUT2D eigenvalue weighted by Crippen LogP contribution is -2.28. The van der Waals surface area contributed by atoms with E-state index in [4.69, 9.17) is 16.7 Å². The Morgan fingerprint density at radius 2 is 2.11 bits per heavy atom. The van der Waals surface area contributed by atoms with E-state index >= 15 is 0 Å². The van der Waals surface area contributed by atoms with Crippen molar-refractivity contribution < 1.29 is 5.11 Å². The molecular weight excluding hydrogens is 136 g/mol. The summed E-state index contributed by atoms with van der Waals surface area (Å²) in [5.41, 5.74) is 0. The Kier molecular flexibility index (Phi) is 2.36. The summed E-state index contributed by atoms with van der Waals surface area (Å²) in [7, 11) is 0. The average molecular weight is 149 g/mol. The van der Waals surface area contributed by atoms with Crippen LogP contribution >= 0.6 is 11.6 Å². The summed E-state index contributed by atoms with van der Waals surface area (Å²) < 4.78 is 0. The highest BCUT2D eigenvalue weighted by Gasteiger charge is 2.24. The molecule has 1 aliphatic rings. The predicted molar refractivity (Wildman–Crippen MR) is 38.7 cm³/mol. The molecule has 1 aliphatic carbocycles. The van der Waals surface area contributed by atoms with Crippen LogP contribution in [0.3, 0.4) is 0 Å². The third kappa shape index (κ3) is 1.84. The Hall–Kier alpha value is 0.250. The van der Waals surface area contributed by atoms with E-state index in [-0.39, 0.29) is 11.5 Å². The van der Waals surface area contributed by atoms with Crippen LogP contribution in [0.25, 0.3) is 0 Å². The molecule has 0 saturated heterocycles. The van der Waals surface area contributed by atoms with E-state index in [0.29, 0.717) is 5.92 Å². The fourth-order valence-corrected chi connectivity index (χ4v) is 1.73. The van der Waals surface area contributed by atoms with Crippen molar-refractivity contribution in [1.29, 1.82) is 0 Å². The third-order valence-corrected chi connectivity index (χ3v) is 2.47. The maximum atomic E-state index is 9.16. The molecule has 0 aliphatic heterocycles. The molecule has 0 aromatic rings. The molecule has 0 radical (unpaired) electrons. The van der Waals surface area contributed by atoms with Gasteiger partial charge < -0.3 is 5.11 Å². The summed E-state index contributed by atoms with van der Waals surface area (Å²) >= 11 is 5.81. The first-order valence-electron chi connectivity index (χ1n) is 3.52. The van der Waals surface area contributed by atoms with E-state index in [1.807, 2.05) is 0 Å². The lowest BCUT2D eigenvalue weighted by Gasteiger charge is -2.26. The van der Waals surface area contributed by atoms with Crippen LogP contribution in [0, 0.1) is 5.92 Å². The first kappa shape index (κ1) is 7.36. The molecule has 3 unspecified atom stereocenters. The highest BCUT2D eigenvalue weighted by molar-refractivity contribution is 6.21. The predicted octanol–water partition coefficient (Wildman–Crippen LogP) is 1.77. The molecule has 0 aromatic heterocycles. The zero-order chi connectivity index (χ0) is 6.85. The lowest BCUT2D eigenvalue weighted by atomic mass is 9.89. The topological polar surface area (TPSA) is 20.2 Å². The number of hydrogen-bond donors (Lipinski definition) is 1. The van der Waals surface area contributed by atoms with Gasteiger partial charge in [0.15, 0.2) is 0 Å². The fraction of sp³-hybridized carbons (Fsp3) is 1.00. The first-order valence-corrected chi connectivity index (χ1v) is 3.96. The van der Waals surface area contributed by atoms with Gasteiger partial charge >= 0.3 is 0 Å². The number of alkyl halides is 1. The van der Waals surface area contributed by atoms with Gasteiger partial charge in [0.2, 0.25) is 0 Å². The van der Waals surface area contributed by atoms with Gasteiger partial charge in [-0.05, 0) is 25.2 Å². The zero-order valence-corrected chi connectivity index (χ0v) is 6.43. The Labute approximate surface area is 61.0 Å². The summed E-state index contributed by atoms with van der Waals surface area (Å²) in [4.78, 5) is 0. The van der Waals surface area contributed by atoms with Gasteiger partial charge in [-0.25, -0.2) is 0 Å². The van der Waals surface area contributed by atoms with Gasteiger partial charge in [-0.3, -0.25) is 0 Å². The molecule has 1 nitrogen and oxygen atoms in total. The molecule has 1 rings (SSSR count). The molecule has 2 heteroatoms. The van der Waals surface area contributed by atoms with Crippen LogP contribution in [0.5, 0.6) is 0 Å². The van der Waals surface area contributed by atoms with Crippen molar-refractivity contribution in [3.05, 3.63) is 0 Å². The second-order valence-corrected chi connectivity index (χ2v) is 3.56. The Balaban J connectivity index is 2.35. The zero-order valence-electron chi connectivity index (χ0n) is 5.68. The molecule has 0 bridgehead atoms. The summed E-state index contributed by atoms with van der Waals surface area (Å²) in [5, 5.41) is 9.17. The van der Waals surface area contributed by atoms with Crippen LogP contribution in [0.2, 0.25) is 0 Å². The van der Waals surface area contributed by atoms with Crippen molar-refractivity contribution in [3.8, 4) is 0 Å². The first-order chi connectivity index (χ1) is 4.20. The van der Waals surface area contributed by atoms with E-state index in [0.717, 1.165) is 19.3 Å². The fourth-order valence-electron chi connectivity index (χ4n) is 1.30. The Bertz CT molecular complexity index is 94.9. The second-order valence-electron chi connectivity index (χ2n) is 3.00. The van der Waals surface area contributed by atoms with Gasteiger partial charge in [0.25, 0.3) is 0 Å². The highest BCUT2D eigenvalue weighted by atomic mass is 35.5. The molecule has 0 heterocycles. The monoisotopic (exact) mass is 148 g/mol. The van der Waals surface area contributed by atoms with Crippen LogP contribution in [0.4, 0.5) is 0 Å². The smallest absolute Gasteiger partial charge is 0.0703 e. The minimum atomic E-state index is -0.247. The Morgan fingerprint density at radius 3 is 2.56 bits per heavy atom. The van der Waals surface area contributed by atoms with Crippen molar-refractivity contribution >= 4 is 11.6 Å². The normalized spacial score (nSPS) is 45.0. The van der Waals surface area contributed by atoms with E-state index in [1.54, 1.807) is 0 Å². The summed E-state index contributed by atoms with van der Waals surface area (Å²) in [6.07, 6.45) is 2.74. The van der Waals surface area contributed by atoms with Gasteiger partial charge in [0.05, 0.1) is 11.5 Å². The standard InChI is InChI=1S/C7H13ClO/c1-5-2-3-7(9)6(8)4-5/h5-7,9H,2-4H2,1H3. The van der Waals surface area contributed by atoms with Crippen LogP contribution in [0.15, 0.2) is 0 Å². The van der Waals surface area contributed by atoms with Crippen LogP contribution in [-0.2, 0) is 0 Å². The molecular formula is C7H13ClO. The summed E-state index contributed by atoms with van der Waals surface area (Å²) in [6, 6.07) is 0. The summed E-state index contributed by atoms with van der Waals surface area (Å²) in [5.74, 6) is 0.705. The summed E-state index contributed by atoms with van der Waals surface area (Å²) in [6.45, 7) is 2.18. The molecule has 1 saturated carbocycles. The lowest BCUT2D eigenvalue weighted by molar-refractivity contribution is 0.117. The minimum Gasteiger partial charge on any atom is -0.392 e. The van der Waals surface area contributed by atoms with Crippen LogP contribution in [0.1, 0.15) is 26.2 Å². The second kappa shape index (κ2) is 2.89. The molecule has 9 heavy (non-hydrogen) atoms. The number of halogens is 1. The van der Waals surface area contributed by atoms with E-state index in [9.17, 15) is 0 Å². The van der Waals surface area contributed by atoms with E-state index in [2.05, 4.69) is 6.92 Å². The van der Waals surface area contributed by atoms with Crippen molar-refractivity contribution in [2.75, 3.05) is 0 Å². The van der Waals surface area contributed by atoms with E-state index < -0.39 is 0 Å².